The molecular formula is C7H8N4. The first-order valence-electron chi connectivity index (χ1n) is 3.42. The molecule has 2 aromatic rings. The Bertz CT molecular complexity index is 390. The predicted octanol–water partition coefficient (Wildman–Crippen LogP) is 0.741. The van der Waals surface area contributed by atoms with Gasteiger partial charge in [0, 0.05) is 0 Å². The van der Waals surface area contributed by atoms with E-state index in [0.29, 0.717) is 0 Å². The molecule has 0 fully saturated rings. The lowest BCUT2D eigenvalue weighted by molar-refractivity contribution is 0.728. The number of aromatic nitrogens is 4. The highest BCUT2D eigenvalue weighted by atomic mass is 15.5. The smallest absolute Gasteiger partial charge is 0.111 e. The molecule has 2 aromatic heterocycles. The quantitative estimate of drug-likeness (QED) is 0.553. The zero-order valence-corrected chi connectivity index (χ0v) is 6.44. The second kappa shape index (κ2) is 2.02. The fraction of sp³-hybridized carbons (Fsp3) is 0.286. The van der Waals surface area contributed by atoms with Gasteiger partial charge in [-0.1, -0.05) is 0 Å². The zero-order valence-electron chi connectivity index (χ0n) is 6.44. The molecule has 0 aliphatic carbocycles. The number of nitrogens with zero attached hydrogens (tertiary/aromatic N) is 4. The summed E-state index contributed by atoms with van der Waals surface area (Å²) < 4.78 is 1.55. The van der Waals surface area contributed by atoms with Gasteiger partial charge in [-0.2, -0.15) is 5.10 Å². The third kappa shape index (κ3) is 0.869. The molecule has 0 spiro atoms. The van der Waals surface area contributed by atoms with E-state index in [0.717, 1.165) is 16.8 Å². The van der Waals surface area contributed by atoms with Gasteiger partial charge in [-0.3, -0.25) is 0 Å². The average Bonchev–Trinajstić information content (AvgIpc) is 2.34. The topological polar surface area (TPSA) is 43.1 Å². The summed E-state index contributed by atoms with van der Waals surface area (Å²) in [5, 5.41) is 11.7. The zero-order chi connectivity index (χ0) is 7.84. The van der Waals surface area contributed by atoms with Crippen molar-refractivity contribution in [3.8, 4) is 0 Å². The third-order valence-electron chi connectivity index (χ3n) is 1.61. The van der Waals surface area contributed by atoms with Crippen LogP contribution in [-0.2, 0) is 0 Å². The largest absolute Gasteiger partial charge is 0.154 e. The minimum atomic E-state index is 0.959. The van der Waals surface area contributed by atoms with Gasteiger partial charge in [0.1, 0.15) is 5.52 Å². The highest BCUT2D eigenvalue weighted by Crippen LogP contribution is 2.06. The van der Waals surface area contributed by atoms with E-state index in [-0.39, 0.29) is 0 Å². The maximum absolute atomic E-state index is 4.14. The highest BCUT2D eigenvalue weighted by molar-refractivity contribution is 5.50. The summed E-state index contributed by atoms with van der Waals surface area (Å²) >= 11 is 0. The number of hydrogen-bond donors (Lipinski definition) is 0. The first kappa shape index (κ1) is 6.27. The van der Waals surface area contributed by atoms with Crippen molar-refractivity contribution in [1.29, 1.82) is 0 Å². The van der Waals surface area contributed by atoms with Crippen molar-refractivity contribution >= 4 is 5.52 Å². The van der Waals surface area contributed by atoms with Crippen molar-refractivity contribution in [3.63, 3.8) is 0 Å². The molecule has 0 aromatic carbocycles. The molecule has 0 aliphatic rings. The van der Waals surface area contributed by atoms with Crippen LogP contribution in [0.5, 0.6) is 0 Å². The number of hydrogen-bond acceptors (Lipinski definition) is 3. The standard InChI is InChI=1S/C7H8N4/c1-5-3-6(2)9-11-7(5)4-8-10-11/h3-4H,1-2H3. The Morgan fingerprint density at radius 3 is 3.00 bits per heavy atom. The van der Waals surface area contributed by atoms with E-state index in [4.69, 9.17) is 0 Å². The normalized spacial score (nSPS) is 10.7. The van der Waals surface area contributed by atoms with E-state index >= 15 is 0 Å². The minimum absolute atomic E-state index is 0.959. The predicted molar refractivity (Wildman–Crippen MR) is 40.3 cm³/mol. The lowest BCUT2D eigenvalue weighted by atomic mass is 10.2. The summed E-state index contributed by atoms with van der Waals surface area (Å²) in [5.74, 6) is 0. The van der Waals surface area contributed by atoms with Crippen molar-refractivity contribution in [3.05, 3.63) is 23.5 Å². The molecule has 11 heavy (non-hydrogen) atoms. The van der Waals surface area contributed by atoms with Crippen LogP contribution in [0.1, 0.15) is 11.3 Å². The van der Waals surface area contributed by atoms with Crippen LogP contribution >= 0.6 is 0 Å². The van der Waals surface area contributed by atoms with Crippen molar-refractivity contribution in [2.75, 3.05) is 0 Å². The Labute approximate surface area is 63.8 Å². The van der Waals surface area contributed by atoms with Crippen molar-refractivity contribution in [2.24, 2.45) is 0 Å². The van der Waals surface area contributed by atoms with E-state index in [1.165, 1.54) is 0 Å². The molecular weight excluding hydrogens is 140 g/mol. The molecule has 4 heteroatoms. The Balaban J connectivity index is 2.91. The SMILES string of the molecule is Cc1cc(C)c2cnnn2n1. The number of aryl methyl sites for hydroxylation is 2. The number of rotatable bonds is 0. The van der Waals surface area contributed by atoms with Crippen LogP contribution in [0.2, 0.25) is 0 Å². The van der Waals surface area contributed by atoms with E-state index in [2.05, 4.69) is 15.4 Å². The van der Waals surface area contributed by atoms with Crippen LogP contribution < -0.4 is 0 Å². The second-order valence-corrected chi connectivity index (χ2v) is 2.58. The Morgan fingerprint density at radius 1 is 1.36 bits per heavy atom. The lowest BCUT2D eigenvalue weighted by Gasteiger charge is -1.96. The summed E-state index contributed by atoms with van der Waals surface area (Å²) in [7, 11) is 0. The van der Waals surface area contributed by atoms with Crippen molar-refractivity contribution in [1.82, 2.24) is 20.0 Å². The van der Waals surface area contributed by atoms with Gasteiger partial charge in [0.05, 0.1) is 11.9 Å². The van der Waals surface area contributed by atoms with E-state index in [9.17, 15) is 0 Å². The van der Waals surface area contributed by atoms with Crippen LogP contribution in [0.25, 0.3) is 5.52 Å². The molecule has 56 valence electrons. The van der Waals surface area contributed by atoms with Crippen molar-refractivity contribution < 1.29 is 0 Å². The summed E-state index contributed by atoms with van der Waals surface area (Å²) in [4.78, 5) is 0. The summed E-state index contributed by atoms with van der Waals surface area (Å²) in [5.41, 5.74) is 3.08. The molecule has 0 radical (unpaired) electrons. The molecule has 2 rings (SSSR count). The van der Waals surface area contributed by atoms with Crippen LogP contribution in [0.15, 0.2) is 12.3 Å². The maximum atomic E-state index is 4.14. The summed E-state index contributed by atoms with van der Waals surface area (Å²) in [6.07, 6.45) is 1.71. The van der Waals surface area contributed by atoms with Gasteiger partial charge in [-0.05, 0) is 30.7 Å². The lowest BCUT2D eigenvalue weighted by Crippen LogP contribution is -1.97. The number of fused-ring (bicyclic) bond motifs is 1. The highest BCUT2D eigenvalue weighted by Gasteiger charge is 1.99. The monoisotopic (exact) mass is 148 g/mol. The van der Waals surface area contributed by atoms with Crippen LogP contribution in [0, 0.1) is 13.8 Å². The maximum Gasteiger partial charge on any atom is 0.111 e. The Kier molecular flexibility index (Phi) is 1.15. The molecule has 0 unspecified atom stereocenters. The Hall–Kier alpha value is -1.45. The second-order valence-electron chi connectivity index (χ2n) is 2.58. The van der Waals surface area contributed by atoms with Gasteiger partial charge < -0.3 is 0 Å². The molecule has 0 saturated carbocycles. The van der Waals surface area contributed by atoms with E-state index in [1.54, 1.807) is 10.8 Å². The van der Waals surface area contributed by atoms with Gasteiger partial charge in [0.15, 0.2) is 0 Å². The molecule has 0 aliphatic heterocycles. The van der Waals surface area contributed by atoms with Crippen molar-refractivity contribution in [2.45, 2.75) is 13.8 Å². The van der Waals surface area contributed by atoms with Gasteiger partial charge in [-0.25, -0.2) is 0 Å². The summed E-state index contributed by atoms with van der Waals surface area (Å²) in [6.45, 7) is 3.96. The Morgan fingerprint density at radius 2 is 2.18 bits per heavy atom. The van der Waals surface area contributed by atoms with E-state index in [1.807, 2.05) is 19.9 Å². The third-order valence-corrected chi connectivity index (χ3v) is 1.61. The minimum Gasteiger partial charge on any atom is -0.154 e. The fourth-order valence-corrected chi connectivity index (χ4v) is 1.13. The first-order chi connectivity index (χ1) is 5.27. The summed E-state index contributed by atoms with van der Waals surface area (Å²) in [6, 6.07) is 2.01. The molecule has 0 amide bonds. The molecule has 0 saturated heterocycles. The fourth-order valence-electron chi connectivity index (χ4n) is 1.13. The van der Waals surface area contributed by atoms with Gasteiger partial charge in [0.25, 0.3) is 0 Å². The average molecular weight is 148 g/mol. The van der Waals surface area contributed by atoms with E-state index < -0.39 is 0 Å². The van der Waals surface area contributed by atoms with Crippen LogP contribution in [0.3, 0.4) is 0 Å². The molecule has 2 heterocycles. The van der Waals surface area contributed by atoms with Crippen LogP contribution in [0.4, 0.5) is 0 Å². The molecule has 0 N–H and O–H groups in total. The van der Waals surface area contributed by atoms with Gasteiger partial charge >= 0.3 is 0 Å². The van der Waals surface area contributed by atoms with Crippen LogP contribution in [-0.4, -0.2) is 20.0 Å². The molecule has 0 bridgehead atoms. The van der Waals surface area contributed by atoms with Gasteiger partial charge in [-0.15, -0.1) is 9.73 Å². The molecule has 4 nitrogen and oxygen atoms in total. The first-order valence-corrected chi connectivity index (χ1v) is 3.42. The van der Waals surface area contributed by atoms with Gasteiger partial charge in [0.2, 0.25) is 0 Å². The molecule has 0 atom stereocenters.